The van der Waals surface area contributed by atoms with Crippen LogP contribution in [0, 0.1) is 20.8 Å². The third-order valence-electron chi connectivity index (χ3n) is 4.13. The highest BCUT2D eigenvalue weighted by Crippen LogP contribution is 2.28. The molecule has 1 aromatic carbocycles. The van der Waals surface area contributed by atoms with Crippen molar-refractivity contribution in [1.29, 1.82) is 0 Å². The fraction of sp³-hybridized carbons (Fsp3) is 0.316. The number of anilines is 2. The van der Waals surface area contributed by atoms with Gasteiger partial charge in [-0.25, -0.2) is 4.98 Å². The van der Waals surface area contributed by atoms with Gasteiger partial charge in [0.05, 0.1) is 5.69 Å². The van der Waals surface area contributed by atoms with Crippen LogP contribution in [0.15, 0.2) is 36.5 Å². The van der Waals surface area contributed by atoms with Gasteiger partial charge in [-0.15, -0.1) is 0 Å². The zero-order valence-electron chi connectivity index (χ0n) is 13.8. The van der Waals surface area contributed by atoms with Crippen LogP contribution in [0.3, 0.4) is 0 Å². The molecule has 1 N–H and O–H groups in total. The summed E-state index contributed by atoms with van der Waals surface area (Å²) in [5, 5.41) is 3.64. The number of aryl methyl sites for hydroxylation is 4. The molecule has 0 atom stereocenters. The van der Waals surface area contributed by atoms with E-state index in [9.17, 15) is 0 Å². The van der Waals surface area contributed by atoms with Crippen molar-refractivity contribution < 1.29 is 0 Å². The largest absolute Gasteiger partial charge is 0.339 e. The molecule has 0 fully saturated rings. The summed E-state index contributed by atoms with van der Waals surface area (Å²) in [7, 11) is 0. The van der Waals surface area contributed by atoms with Crippen molar-refractivity contribution in [2.45, 2.75) is 40.5 Å². The number of imidazole rings is 1. The average Bonchev–Trinajstić information content (AvgIpc) is 2.83. The van der Waals surface area contributed by atoms with Gasteiger partial charge in [0, 0.05) is 11.9 Å². The number of benzene rings is 1. The average molecular weight is 293 g/mol. The number of aromatic nitrogens is 2. The second-order valence-electron chi connectivity index (χ2n) is 5.93. The second-order valence-corrected chi connectivity index (χ2v) is 5.93. The van der Waals surface area contributed by atoms with E-state index >= 15 is 0 Å². The van der Waals surface area contributed by atoms with E-state index < -0.39 is 0 Å². The van der Waals surface area contributed by atoms with Gasteiger partial charge >= 0.3 is 0 Å². The zero-order valence-corrected chi connectivity index (χ0v) is 13.8. The van der Waals surface area contributed by atoms with Crippen molar-refractivity contribution in [1.82, 2.24) is 9.38 Å². The maximum Gasteiger partial charge on any atom is 0.141 e. The molecule has 0 saturated heterocycles. The first-order valence-electron chi connectivity index (χ1n) is 7.91. The number of pyridine rings is 1. The minimum absolute atomic E-state index is 0.981. The van der Waals surface area contributed by atoms with Crippen LogP contribution in [0.25, 0.3) is 5.65 Å². The molecule has 0 saturated carbocycles. The van der Waals surface area contributed by atoms with Crippen LogP contribution < -0.4 is 5.32 Å². The Hall–Kier alpha value is -2.29. The summed E-state index contributed by atoms with van der Waals surface area (Å²) in [5.74, 6) is 1.10. The van der Waals surface area contributed by atoms with Gasteiger partial charge in [0.1, 0.15) is 11.5 Å². The van der Waals surface area contributed by atoms with E-state index in [0.717, 1.165) is 30.0 Å². The molecule has 0 spiro atoms. The van der Waals surface area contributed by atoms with E-state index in [2.05, 4.69) is 73.9 Å². The highest BCUT2D eigenvalue weighted by Gasteiger charge is 2.14. The van der Waals surface area contributed by atoms with Crippen LogP contribution in [0.4, 0.5) is 11.5 Å². The molecule has 3 heteroatoms. The van der Waals surface area contributed by atoms with E-state index in [1.807, 2.05) is 0 Å². The first-order chi connectivity index (χ1) is 10.6. The lowest BCUT2D eigenvalue weighted by Gasteiger charge is -2.14. The molecule has 0 aliphatic carbocycles. The molecule has 0 aliphatic heterocycles. The third-order valence-corrected chi connectivity index (χ3v) is 4.13. The smallest absolute Gasteiger partial charge is 0.141 e. The normalized spacial score (nSPS) is 11.1. The fourth-order valence-electron chi connectivity index (χ4n) is 2.92. The van der Waals surface area contributed by atoms with Crippen molar-refractivity contribution in [2.24, 2.45) is 0 Å². The van der Waals surface area contributed by atoms with E-state index in [0.29, 0.717) is 0 Å². The number of hydrogen-bond donors (Lipinski definition) is 1. The van der Waals surface area contributed by atoms with Gasteiger partial charge in [0.25, 0.3) is 0 Å². The van der Waals surface area contributed by atoms with Gasteiger partial charge in [0.2, 0.25) is 0 Å². The Kier molecular flexibility index (Phi) is 3.88. The minimum atomic E-state index is 0.981. The summed E-state index contributed by atoms with van der Waals surface area (Å²) in [6.07, 6.45) is 4.16. The molecule has 0 bridgehead atoms. The van der Waals surface area contributed by atoms with Gasteiger partial charge in [0.15, 0.2) is 0 Å². The number of para-hydroxylation sites is 1. The Bertz CT molecular complexity index is 795. The minimum Gasteiger partial charge on any atom is -0.339 e. The molecule has 3 rings (SSSR count). The van der Waals surface area contributed by atoms with Crippen LogP contribution >= 0.6 is 0 Å². The van der Waals surface area contributed by atoms with Gasteiger partial charge in [-0.3, -0.25) is 4.40 Å². The number of nitrogens with zero attached hydrogens (tertiary/aromatic N) is 2. The number of hydrogen-bond acceptors (Lipinski definition) is 2. The van der Waals surface area contributed by atoms with E-state index in [1.54, 1.807) is 0 Å². The maximum absolute atomic E-state index is 4.86. The summed E-state index contributed by atoms with van der Waals surface area (Å²) in [4.78, 5) is 4.86. The van der Waals surface area contributed by atoms with Crippen molar-refractivity contribution >= 4 is 17.2 Å². The monoisotopic (exact) mass is 293 g/mol. The van der Waals surface area contributed by atoms with E-state index in [-0.39, 0.29) is 0 Å². The third kappa shape index (κ3) is 2.47. The Morgan fingerprint density at radius 2 is 1.68 bits per heavy atom. The highest BCUT2D eigenvalue weighted by molar-refractivity contribution is 5.69. The van der Waals surface area contributed by atoms with Crippen molar-refractivity contribution in [3.8, 4) is 0 Å². The fourth-order valence-corrected chi connectivity index (χ4v) is 2.92. The molecular weight excluding hydrogens is 270 g/mol. The first kappa shape index (κ1) is 14.6. The molecule has 114 valence electrons. The molecule has 3 aromatic rings. The van der Waals surface area contributed by atoms with Crippen molar-refractivity contribution in [3.05, 3.63) is 58.9 Å². The Morgan fingerprint density at radius 3 is 2.36 bits per heavy atom. The van der Waals surface area contributed by atoms with Crippen LogP contribution in [-0.2, 0) is 6.42 Å². The van der Waals surface area contributed by atoms with Crippen LogP contribution in [0.1, 0.15) is 35.7 Å². The Morgan fingerprint density at radius 1 is 1.00 bits per heavy atom. The van der Waals surface area contributed by atoms with Gasteiger partial charge in [-0.2, -0.15) is 0 Å². The molecular formula is C19H23N3. The van der Waals surface area contributed by atoms with E-state index in [4.69, 9.17) is 4.98 Å². The summed E-state index contributed by atoms with van der Waals surface area (Å²) in [6, 6.07) is 10.6. The second kappa shape index (κ2) is 5.84. The number of nitrogens with one attached hydrogen (secondary N) is 1. The molecule has 2 aromatic heterocycles. The zero-order chi connectivity index (χ0) is 15.7. The summed E-state index contributed by atoms with van der Waals surface area (Å²) >= 11 is 0. The molecule has 0 radical (unpaired) electrons. The van der Waals surface area contributed by atoms with Gasteiger partial charge in [-0.05, 0) is 49.9 Å². The number of fused-ring (bicyclic) bond motifs is 1. The molecule has 0 aliphatic rings. The van der Waals surface area contributed by atoms with Gasteiger partial charge in [-0.1, -0.05) is 37.6 Å². The first-order valence-corrected chi connectivity index (χ1v) is 7.91. The Balaban J connectivity index is 2.17. The standard InChI is InChI=1S/C19H23N3/c1-5-8-16-19(21-17-13(2)9-6-10-14(17)3)22-12-7-11-15(4)18(22)20-16/h6-7,9-12,21H,5,8H2,1-4H3. The predicted molar refractivity (Wildman–Crippen MR) is 93.1 cm³/mol. The summed E-state index contributed by atoms with van der Waals surface area (Å²) < 4.78 is 2.17. The van der Waals surface area contributed by atoms with E-state index in [1.165, 1.54) is 22.4 Å². The SMILES string of the molecule is CCCc1nc2c(C)cccn2c1Nc1c(C)cccc1C. The lowest BCUT2D eigenvalue weighted by Crippen LogP contribution is -2.02. The Labute approximate surface area is 132 Å². The highest BCUT2D eigenvalue weighted by atomic mass is 15.1. The molecule has 22 heavy (non-hydrogen) atoms. The topological polar surface area (TPSA) is 29.3 Å². The quantitative estimate of drug-likeness (QED) is 0.737. The summed E-state index contributed by atoms with van der Waals surface area (Å²) in [5.41, 5.74) is 7.08. The summed E-state index contributed by atoms with van der Waals surface area (Å²) in [6.45, 7) is 8.59. The maximum atomic E-state index is 4.86. The molecule has 0 unspecified atom stereocenters. The molecule has 3 nitrogen and oxygen atoms in total. The lowest BCUT2D eigenvalue weighted by atomic mass is 10.1. The lowest BCUT2D eigenvalue weighted by molar-refractivity contribution is 0.896. The number of rotatable bonds is 4. The predicted octanol–water partition coefficient (Wildman–Crippen LogP) is 4.96. The van der Waals surface area contributed by atoms with Gasteiger partial charge < -0.3 is 5.32 Å². The van der Waals surface area contributed by atoms with Crippen LogP contribution in [0.5, 0.6) is 0 Å². The van der Waals surface area contributed by atoms with Crippen LogP contribution in [-0.4, -0.2) is 9.38 Å². The molecule has 2 heterocycles. The van der Waals surface area contributed by atoms with Crippen molar-refractivity contribution in [3.63, 3.8) is 0 Å². The van der Waals surface area contributed by atoms with Crippen LogP contribution in [0.2, 0.25) is 0 Å². The molecule has 0 amide bonds. The van der Waals surface area contributed by atoms with Crippen molar-refractivity contribution in [2.75, 3.05) is 5.32 Å².